The Balaban J connectivity index is 1.81. The number of alkyl halides is 3. The van der Waals surface area contributed by atoms with Gasteiger partial charge in [-0.3, -0.25) is 0 Å². The van der Waals surface area contributed by atoms with Gasteiger partial charge >= 0.3 is 6.18 Å². The maximum Gasteiger partial charge on any atom is 0.435 e. The summed E-state index contributed by atoms with van der Waals surface area (Å²) in [7, 11) is -5.94. The number of aromatic amines is 1. The van der Waals surface area contributed by atoms with Crippen LogP contribution in [-0.2, 0) is 16.2 Å². The molecule has 0 bridgehead atoms. The molecule has 4 rings (SSSR count). The van der Waals surface area contributed by atoms with E-state index in [9.17, 15) is 21.6 Å². The summed E-state index contributed by atoms with van der Waals surface area (Å²) in [5, 5.41) is 10.3. The van der Waals surface area contributed by atoms with E-state index in [1.807, 2.05) is 18.3 Å². The second-order valence-electron chi connectivity index (χ2n) is 11.1. The molecule has 0 aliphatic carbocycles. The number of H-pyrrole nitrogens is 1. The molecule has 11 heteroatoms. The van der Waals surface area contributed by atoms with E-state index < -0.39 is 30.0 Å². The highest BCUT2D eigenvalue weighted by atomic mass is 32.2. The maximum absolute atomic E-state index is 13.7. The van der Waals surface area contributed by atoms with E-state index in [1.165, 1.54) is 34.3 Å². The predicted molar refractivity (Wildman–Crippen MR) is 156 cm³/mol. The molecular formula is C29H35F3N4O2SSi. The average Bonchev–Trinajstić information content (AvgIpc) is 3.52. The Bertz CT molecular complexity index is 1570. The summed E-state index contributed by atoms with van der Waals surface area (Å²) < 4.78 is 65.4. The third-order valence-electron chi connectivity index (χ3n) is 7.95. The quantitative estimate of drug-likeness (QED) is 0.215. The van der Waals surface area contributed by atoms with Gasteiger partial charge < -0.3 is 4.98 Å². The van der Waals surface area contributed by atoms with Crippen LogP contribution in [0.4, 0.5) is 13.2 Å². The first-order valence-electron chi connectivity index (χ1n) is 13.2. The number of nitrogens with one attached hydrogen (secondary N) is 1. The molecule has 4 aromatic rings. The molecule has 0 aliphatic heterocycles. The highest BCUT2D eigenvalue weighted by molar-refractivity contribution is 7.89. The number of nitrogens with zero attached hydrogens (tertiary/aromatic N) is 2. The molecule has 2 aromatic heterocycles. The van der Waals surface area contributed by atoms with Crippen molar-refractivity contribution in [1.82, 2.24) is 14.8 Å². The number of rotatable bonds is 8. The van der Waals surface area contributed by atoms with Crippen molar-refractivity contribution in [3.05, 3.63) is 72.6 Å². The Labute approximate surface area is 234 Å². The van der Waals surface area contributed by atoms with Crippen LogP contribution in [0.5, 0.6) is 0 Å². The van der Waals surface area contributed by atoms with E-state index in [0.29, 0.717) is 22.2 Å². The van der Waals surface area contributed by atoms with E-state index >= 15 is 0 Å². The fourth-order valence-electron chi connectivity index (χ4n) is 6.35. The Morgan fingerprint density at radius 2 is 1.38 bits per heavy atom. The molecule has 40 heavy (non-hydrogen) atoms. The molecule has 2 aromatic carbocycles. The van der Waals surface area contributed by atoms with Gasteiger partial charge in [0, 0.05) is 17.1 Å². The van der Waals surface area contributed by atoms with Crippen molar-refractivity contribution in [2.45, 2.75) is 69.2 Å². The van der Waals surface area contributed by atoms with Crippen molar-refractivity contribution in [2.75, 3.05) is 0 Å². The van der Waals surface area contributed by atoms with Gasteiger partial charge in [0.25, 0.3) is 0 Å². The zero-order chi connectivity index (χ0) is 29.6. The first-order valence-corrected chi connectivity index (χ1v) is 17.0. The third-order valence-corrected chi connectivity index (χ3v) is 15.9. The molecule has 2 heterocycles. The van der Waals surface area contributed by atoms with Crippen molar-refractivity contribution < 1.29 is 21.6 Å². The number of hydrogen-bond acceptors (Lipinski definition) is 3. The average molecular weight is 589 g/mol. The van der Waals surface area contributed by atoms with E-state index in [4.69, 9.17) is 5.14 Å². The summed E-state index contributed by atoms with van der Waals surface area (Å²) in [6.07, 6.45) is -2.68. The molecule has 0 atom stereocenters. The minimum absolute atomic E-state index is 0.142. The molecule has 0 fully saturated rings. The lowest BCUT2D eigenvalue weighted by Crippen LogP contribution is -2.56. The number of benzene rings is 2. The van der Waals surface area contributed by atoms with Crippen molar-refractivity contribution in [3.63, 3.8) is 0 Å². The van der Waals surface area contributed by atoms with Gasteiger partial charge in [-0.1, -0.05) is 65.8 Å². The van der Waals surface area contributed by atoms with Crippen molar-refractivity contribution in [3.8, 4) is 28.1 Å². The lowest BCUT2D eigenvalue weighted by atomic mass is 10.0. The normalized spacial score (nSPS) is 13.1. The van der Waals surface area contributed by atoms with Crippen LogP contribution in [0.25, 0.3) is 28.1 Å². The van der Waals surface area contributed by atoms with Crippen molar-refractivity contribution in [1.29, 1.82) is 0 Å². The van der Waals surface area contributed by atoms with Gasteiger partial charge in [0.15, 0.2) is 5.69 Å². The monoisotopic (exact) mass is 588 g/mol. The number of hydrogen-bond donors (Lipinski definition) is 2. The summed E-state index contributed by atoms with van der Waals surface area (Å²) >= 11 is 0. The second kappa shape index (κ2) is 10.7. The van der Waals surface area contributed by atoms with E-state index in [1.54, 1.807) is 12.1 Å². The van der Waals surface area contributed by atoms with Gasteiger partial charge in [0.1, 0.15) is 8.07 Å². The van der Waals surface area contributed by atoms with Gasteiger partial charge in [0.05, 0.1) is 16.3 Å². The van der Waals surface area contributed by atoms with E-state index in [2.05, 4.69) is 57.7 Å². The van der Waals surface area contributed by atoms with E-state index in [0.717, 1.165) is 17.2 Å². The fourth-order valence-corrected chi connectivity index (χ4v) is 13.6. The Morgan fingerprint density at radius 3 is 1.85 bits per heavy atom. The molecule has 3 N–H and O–H groups in total. The van der Waals surface area contributed by atoms with Crippen LogP contribution in [0.1, 0.15) is 47.2 Å². The Kier molecular flexibility index (Phi) is 7.96. The molecule has 0 radical (unpaired) electrons. The third kappa shape index (κ3) is 5.29. The summed E-state index contributed by atoms with van der Waals surface area (Å²) in [4.78, 5) is 3.43. The van der Waals surface area contributed by atoms with Crippen LogP contribution >= 0.6 is 0 Å². The summed E-state index contributed by atoms with van der Waals surface area (Å²) in [5.41, 5.74) is 3.61. The van der Waals surface area contributed by atoms with Crippen LogP contribution in [0.2, 0.25) is 16.6 Å². The molecule has 6 nitrogen and oxygen atoms in total. The lowest BCUT2D eigenvalue weighted by Gasteiger charge is -2.43. The number of nitrogens with two attached hydrogens (primary N) is 1. The summed E-state index contributed by atoms with van der Waals surface area (Å²) in [6, 6.07) is 15.8. The SMILES string of the molecule is CC(C)[Si](c1[nH]ccc1-c1ccc(-c2cc(C(F)(F)F)nn2-c2ccc(S(N)(=O)=O)cc2)cc1)(C(C)C)C(C)C. The number of halogens is 3. The summed E-state index contributed by atoms with van der Waals surface area (Å²) in [6.45, 7) is 13.8. The minimum atomic E-state index is -4.65. The lowest BCUT2D eigenvalue weighted by molar-refractivity contribution is -0.141. The Hall–Kier alpha value is -3.15. The molecule has 0 amide bonds. The van der Waals surface area contributed by atoms with Crippen molar-refractivity contribution in [2.24, 2.45) is 5.14 Å². The zero-order valence-electron chi connectivity index (χ0n) is 23.4. The standard InChI is InChI=1S/C29H35F3N4O2SSi/c1-18(2)40(19(3)4,20(5)6)28-25(15-16-34-28)21-7-9-22(10-8-21)26-17-27(29(30,31)32)35-36(26)23-11-13-24(14-12-23)39(33,37)38/h7-20,34H,1-6H3,(H2,33,37,38). The number of aromatic nitrogens is 3. The first-order chi connectivity index (χ1) is 18.6. The van der Waals surface area contributed by atoms with Crippen LogP contribution in [0.3, 0.4) is 0 Å². The zero-order valence-corrected chi connectivity index (χ0v) is 25.2. The van der Waals surface area contributed by atoms with Gasteiger partial charge in [-0.05, 0) is 64.1 Å². The molecule has 0 saturated carbocycles. The smallest absolute Gasteiger partial charge is 0.368 e. The van der Waals surface area contributed by atoms with Gasteiger partial charge in [-0.15, -0.1) is 0 Å². The second-order valence-corrected chi connectivity index (χ2v) is 18.5. The maximum atomic E-state index is 13.7. The van der Waals surface area contributed by atoms with Crippen LogP contribution in [0, 0.1) is 0 Å². The minimum Gasteiger partial charge on any atom is -0.368 e. The van der Waals surface area contributed by atoms with Gasteiger partial charge in [-0.2, -0.15) is 18.3 Å². The van der Waals surface area contributed by atoms with Crippen LogP contribution in [0.15, 0.2) is 71.8 Å². The van der Waals surface area contributed by atoms with Crippen molar-refractivity contribution >= 4 is 23.4 Å². The molecule has 214 valence electrons. The molecule has 0 saturated heterocycles. The number of primary sulfonamides is 1. The largest absolute Gasteiger partial charge is 0.435 e. The highest BCUT2D eigenvalue weighted by Crippen LogP contribution is 2.43. The summed E-state index contributed by atoms with van der Waals surface area (Å²) in [5.74, 6) is 0. The fraction of sp³-hybridized carbons (Fsp3) is 0.345. The highest BCUT2D eigenvalue weighted by Gasteiger charge is 2.46. The molecule has 0 spiro atoms. The van der Waals surface area contributed by atoms with Gasteiger partial charge in [0.2, 0.25) is 10.0 Å². The molecular weight excluding hydrogens is 553 g/mol. The van der Waals surface area contributed by atoms with Crippen LogP contribution in [-0.4, -0.2) is 31.3 Å². The predicted octanol–water partition coefficient (Wildman–Crippen LogP) is 7.09. The Morgan fingerprint density at radius 1 is 0.850 bits per heavy atom. The van der Waals surface area contributed by atoms with E-state index in [-0.39, 0.29) is 16.3 Å². The van der Waals surface area contributed by atoms with Crippen LogP contribution < -0.4 is 10.5 Å². The number of sulfonamides is 1. The molecule has 0 aliphatic rings. The first kappa shape index (κ1) is 29.8. The van der Waals surface area contributed by atoms with Gasteiger partial charge in [-0.25, -0.2) is 18.2 Å². The topological polar surface area (TPSA) is 93.8 Å². The molecule has 0 unspecified atom stereocenters.